The van der Waals surface area contributed by atoms with Gasteiger partial charge in [-0.15, -0.1) is 0 Å². The van der Waals surface area contributed by atoms with Gasteiger partial charge in [0.2, 0.25) is 5.95 Å². The molecule has 0 spiro atoms. The molecule has 1 aromatic heterocycles. The lowest BCUT2D eigenvalue weighted by molar-refractivity contribution is -0.438. The van der Waals surface area contributed by atoms with Gasteiger partial charge in [0.1, 0.15) is 6.04 Å². The van der Waals surface area contributed by atoms with Crippen molar-refractivity contribution in [1.29, 1.82) is 0 Å². The van der Waals surface area contributed by atoms with E-state index < -0.39 is 12.0 Å². The lowest BCUT2D eigenvalue weighted by Crippen LogP contribution is -2.68. The maximum atomic E-state index is 10.4. The van der Waals surface area contributed by atoms with Crippen LogP contribution in [0.3, 0.4) is 0 Å². The number of quaternary nitrogens is 1. The molecule has 0 aromatic carbocycles. The van der Waals surface area contributed by atoms with Crippen molar-refractivity contribution in [3.8, 4) is 5.75 Å². The Morgan fingerprint density at radius 2 is 2.00 bits per heavy atom. The fraction of sp³-hybridized carbons (Fsp3) is 0.545. The lowest BCUT2D eigenvalue weighted by atomic mass is 10.2. The summed E-state index contributed by atoms with van der Waals surface area (Å²) in [6, 6.07) is -0.698. The molecule has 100 valence electrons. The lowest BCUT2D eigenvalue weighted by Gasteiger charge is -2.10. The number of carbonyl (C=O) groups excluding carboxylic acids is 1. The topological polar surface area (TPSA) is 126 Å². The number of anilines is 1. The molecule has 18 heavy (non-hydrogen) atoms. The van der Waals surface area contributed by atoms with Gasteiger partial charge in [-0.1, -0.05) is 0 Å². The average Bonchev–Trinajstić information content (AvgIpc) is 2.31. The number of carboxylic acids is 1. The van der Waals surface area contributed by atoms with Crippen LogP contribution in [0, 0.1) is 13.8 Å². The van der Waals surface area contributed by atoms with Crippen LogP contribution in [0.25, 0.3) is 0 Å². The van der Waals surface area contributed by atoms with E-state index in [1.165, 1.54) is 0 Å². The third-order valence-corrected chi connectivity index (χ3v) is 2.58. The third kappa shape index (κ3) is 3.85. The average molecular weight is 254 g/mol. The Balaban J connectivity index is 2.43. The summed E-state index contributed by atoms with van der Waals surface area (Å²) in [6.07, 6.45) is 1.07. The van der Waals surface area contributed by atoms with E-state index in [1.807, 2.05) is 0 Å². The summed E-state index contributed by atoms with van der Waals surface area (Å²) in [5.41, 5.74) is 4.49. The molecule has 0 aliphatic heterocycles. The number of carboxylic acid groups (broad SMARTS) is 1. The van der Waals surface area contributed by atoms with Crippen LogP contribution in [0.4, 0.5) is 5.95 Å². The normalized spacial score (nSPS) is 12.2. The predicted molar refractivity (Wildman–Crippen MR) is 62.6 cm³/mol. The first-order valence-electron chi connectivity index (χ1n) is 5.74. The molecule has 0 amide bonds. The molecule has 0 saturated heterocycles. The van der Waals surface area contributed by atoms with Gasteiger partial charge < -0.3 is 26.1 Å². The van der Waals surface area contributed by atoms with Crippen molar-refractivity contribution in [2.24, 2.45) is 0 Å². The molecule has 0 aliphatic carbocycles. The highest BCUT2D eigenvalue weighted by Crippen LogP contribution is 2.18. The van der Waals surface area contributed by atoms with Gasteiger partial charge in [0.15, 0.2) is 5.75 Å². The molecule has 1 rings (SSSR count). The number of aromatic hydroxyl groups is 1. The number of aryl methyl sites for hydroxylation is 2. The fourth-order valence-corrected chi connectivity index (χ4v) is 1.46. The number of carbonyl (C=O) groups is 1. The van der Waals surface area contributed by atoms with E-state index in [4.69, 9.17) is 0 Å². The van der Waals surface area contributed by atoms with Crippen molar-refractivity contribution in [1.82, 2.24) is 9.97 Å². The van der Waals surface area contributed by atoms with Crippen LogP contribution in [-0.2, 0) is 4.79 Å². The van der Waals surface area contributed by atoms with Crippen LogP contribution in [0.5, 0.6) is 5.75 Å². The molecular formula is C11H18N4O3. The first-order chi connectivity index (χ1) is 8.41. The summed E-state index contributed by atoms with van der Waals surface area (Å²) >= 11 is 0. The van der Waals surface area contributed by atoms with Crippen LogP contribution in [0.2, 0.25) is 0 Å². The molecule has 1 atom stereocenters. The molecular weight excluding hydrogens is 236 g/mol. The predicted octanol–water partition coefficient (Wildman–Crippen LogP) is -1.65. The third-order valence-electron chi connectivity index (χ3n) is 2.58. The van der Waals surface area contributed by atoms with Gasteiger partial charge in [-0.3, -0.25) is 0 Å². The van der Waals surface area contributed by atoms with Crippen molar-refractivity contribution < 1.29 is 20.7 Å². The Morgan fingerprint density at radius 3 is 2.50 bits per heavy atom. The number of nitrogens with one attached hydrogen (secondary N) is 1. The summed E-state index contributed by atoms with van der Waals surface area (Å²) in [4.78, 5) is 18.6. The number of hydrogen-bond acceptors (Lipinski definition) is 6. The smallest absolute Gasteiger partial charge is 0.223 e. The maximum Gasteiger partial charge on any atom is 0.223 e. The second-order valence-electron chi connectivity index (χ2n) is 4.15. The minimum atomic E-state index is -1.14. The van der Waals surface area contributed by atoms with E-state index in [1.54, 1.807) is 13.8 Å². The molecule has 5 N–H and O–H groups in total. The zero-order chi connectivity index (χ0) is 13.7. The standard InChI is InChI=1S/C11H18N4O3/c1-6-9(16)7(2)15-11(14-6)13-5-3-4-8(12)10(17)18/h8,16H,3-5,12H2,1-2H3,(H,17,18)(H,13,14,15)/t8-/m1/s1. The second kappa shape index (κ2) is 6.15. The number of hydrogen-bond donors (Lipinski definition) is 3. The van der Waals surface area contributed by atoms with Gasteiger partial charge in [0.05, 0.1) is 17.4 Å². The SMILES string of the molecule is Cc1nc(NCCC[C@@H]([NH3+])C(=O)[O-])nc(C)c1O. The highest BCUT2D eigenvalue weighted by molar-refractivity contribution is 5.68. The van der Waals surface area contributed by atoms with Crippen LogP contribution < -0.4 is 16.2 Å². The Kier molecular flexibility index (Phi) is 4.85. The maximum absolute atomic E-state index is 10.4. The van der Waals surface area contributed by atoms with Crippen LogP contribution in [-0.4, -0.2) is 33.6 Å². The molecule has 1 aromatic rings. The fourth-order valence-electron chi connectivity index (χ4n) is 1.46. The molecule has 0 saturated carbocycles. The number of nitrogens with zero attached hydrogens (tertiary/aromatic N) is 2. The molecule has 0 fully saturated rings. The molecule has 7 nitrogen and oxygen atoms in total. The first-order valence-corrected chi connectivity index (χ1v) is 5.74. The quantitative estimate of drug-likeness (QED) is 0.522. The van der Waals surface area contributed by atoms with Crippen molar-refractivity contribution in [2.45, 2.75) is 32.7 Å². The molecule has 0 unspecified atom stereocenters. The summed E-state index contributed by atoms with van der Waals surface area (Å²) in [6.45, 7) is 3.93. The zero-order valence-corrected chi connectivity index (χ0v) is 10.6. The molecule has 1 heterocycles. The Bertz CT molecular complexity index is 413. The highest BCUT2D eigenvalue weighted by Gasteiger charge is 2.08. The van der Waals surface area contributed by atoms with Crippen LogP contribution in [0.1, 0.15) is 24.2 Å². The number of rotatable bonds is 6. The van der Waals surface area contributed by atoms with E-state index in [0.29, 0.717) is 36.7 Å². The van der Waals surface area contributed by atoms with Crippen molar-refractivity contribution in [3.05, 3.63) is 11.4 Å². The second-order valence-corrected chi connectivity index (χ2v) is 4.15. The minimum absolute atomic E-state index is 0.0929. The van der Waals surface area contributed by atoms with E-state index >= 15 is 0 Å². The molecule has 0 aliphatic rings. The van der Waals surface area contributed by atoms with Gasteiger partial charge in [-0.25, -0.2) is 9.97 Å². The van der Waals surface area contributed by atoms with Crippen molar-refractivity contribution >= 4 is 11.9 Å². The van der Waals surface area contributed by atoms with Gasteiger partial charge in [-0.2, -0.15) is 0 Å². The molecule has 0 radical (unpaired) electrons. The summed E-state index contributed by atoms with van der Waals surface area (Å²) in [7, 11) is 0. The summed E-state index contributed by atoms with van der Waals surface area (Å²) < 4.78 is 0. The monoisotopic (exact) mass is 254 g/mol. The van der Waals surface area contributed by atoms with Crippen LogP contribution in [0.15, 0.2) is 0 Å². The van der Waals surface area contributed by atoms with Crippen molar-refractivity contribution in [3.63, 3.8) is 0 Å². The van der Waals surface area contributed by atoms with Gasteiger partial charge in [0.25, 0.3) is 0 Å². The summed E-state index contributed by atoms with van der Waals surface area (Å²) in [5, 5.41) is 22.9. The first kappa shape index (κ1) is 14.2. The number of aliphatic carboxylic acids is 1. The zero-order valence-electron chi connectivity index (χ0n) is 10.6. The minimum Gasteiger partial charge on any atom is -0.544 e. The number of aromatic nitrogens is 2. The Morgan fingerprint density at radius 1 is 1.44 bits per heavy atom. The van der Waals surface area contributed by atoms with Crippen molar-refractivity contribution in [2.75, 3.05) is 11.9 Å². The molecule has 0 bridgehead atoms. The largest absolute Gasteiger partial charge is 0.544 e. The van der Waals surface area contributed by atoms with Crippen LogP contribution >= 0.6 is 0 Å². The van der Waals surface area contributed by atoms with Gasteiger partial charge in [0, 0.05) is 13.0 Å². The van der Waals surface area contributed by atoms with E-state index in [-0.39, 0.29) is 5.75 Å². The summed E-state index contributed by atoms with van der Waals surface area (Å²) in [5.74, 6) is -0.616. The van der Waals surface area contributed by atoms with E-state index in [0.717, 1.165) is 0 Å². The highest BCUT2D eigenvalue weighted by atomic mass is 16.4. The Hall–Kier alpha value is -1.89. The van der Waals surface area contributed by atoms with Gasteiger partial charge >= 0.3 is 0 Å². The van der Waals surface area contributed by atoms with Gasteiger partial charge in [-0.05, 0) is 20.3 Å². The molecule has 7 heteroatoms. The Labute approximate surface area is 105 Å². The van der Waals surface area contributed by atoms with E-state index in [2.05, 4.69) is 21.0 Å². The van der Waals surface area contributed by atoms with E-state index in [9.17, 15) is 15.0 Å².